The smallest absolute Gasteiger partial charge is 0.255 e. The summed E-state index contributed by atoms with van der Waals surface area (Å²) in [6, 6.07) is 14.4. The van der Waals surface area contributed by atoms with E-state index < -0.39 is 0 Å². The molecule has 2 N–H and O–H groups in total. The summed E-state index contributed by atoms with van der Waals surface area (Å²) in [6.45, 7) is 2.00. The minimum atomic E-state index is -0.287. The number of hydrogen-bond donors (Lipinski definition) is 2. The van der Waals surface area contributed by atoms with E-state index in [1.807, 2.05) is 25.1 Å². The van der Waals surface area contributed by atoms with E-state index >= 15 is 0 Å². The van der Waals surface area contributed by atoms with Crippen molar-refractivity contribution in [3.63, 3.8) is 0 Å². The van der Waals surface area contributed by atoms with Crippen LogP contribution in [0.15, 0.2) is 54.7 Å². The van der Waals surface area contributed by atoms with E-state index in [0.29, 0.717) is 28.6 Å². The van der Waals surface area contributed by atoms with Crippen molar-refractivity contribution in [2.45, 2.75) is 6.92 Å². The third-order valence-electron chi connectivity index (χ3n) is 4.25. The standard InChI is InChI=1S/C22H23N3O4/c1-14-5-7-20(29-4)19(9-14)25-21-8-6-16(13-23-21)24-22(26)15-10-17(27-2)12-18(11-15)28-3/h5-13H,1-4H3,(H,23,25)(H,24,26). The van der Waals surface area contributed by atoms with Gasteiger partial charge in [0.2, 0.25) is 0 Å². The number of carbonyl (C=O) groups is 1. The number of nitrogens with zero attached hydrogens (tertiary/aromatic N) is 1. The first-order valence-corrected chi connectivity index (χ1v) is 8.94. The van der Waals surface area contributed by atoms with Gasteiger partial charge in [-0.2, -0.15) is 0 Å². The van der Waals surface area contributed by atoms with Gasteiger partial charge in [0.15, 0.2) is 0 Å². The lowest BCUT2D eigenvalue weighted by atomic mass is 10.2. The van der Waals surface area contributed by atoms with Crippen LogP contribution in [0.2, 0.25) is 0 Å². The lowest BCUT2D eigenvalue weighted by Gasteiger charge is -2.12. The summed E-state index contributed by atoms with van der Waals surface area (Å²) >= 11 is 0. The number of anilines is 3. The van der Waals surface area contributed by atoms with Gasteiger partial charge in [-0.3, -0.25) is 4.79 Å². The SMILES string of the molecule is COc1cc(OC)cc(C(=O)Nc2ccc(Nc3cc(C)ccc3OC)nc2)c1. The summed E-state index contributed by atoms with van der Waals surface area (Å²) in [6.07, 6.45) is 1.58. The normalized spacial score (nSPS) is 10.2. The topological polar surface area (TPSA) is 81.7 Å². The van der Waals surface area contributed by atoms with Crippen LogP contribution in [0.4, 0.5) is 17.2 Å². The monoisotopic (exact) mass is 393 g/mol. The van der Waals surface area contributed by atoms with Crippen molar-refractivity contribution in [1.29, 1.82) is 0 Å². The molecular weight excluding hydrogens is 370 g/mol. The summed E-state index contributed by atoms with van der Waals surface area (Å²) in [4.78, 5) is 16.9. The van der Waals surface area contributed by atoms with Gasteiger partial charge in [0, 0.05) is 11.6 Å². The Hall–Kier alpha value is -3.74. The Morgan fingerprint density at radius 3 is 2.21 bits per heavy atom. The first-order valence-electron chi connectivity index (χ1n) is 8.94. The van der Waals surface area contributed by atoms with Crippen LogP contribution in [0.25, 0.3) is 0 Å². The molecule has 7 heteroatoms. The van der Waals surface area contributed by atoms with E-state index in [-0.39, 0.29) is 5.91 Å². The fraction of sp³-hybridized carbons (Fsp3) is 0.182. The molecule has 1 aromatic heterocycles. The minimum absolute atomic E-state index is 0.287. The molecular formula is C22H23N3O4. The van der Waals surface area contributed by atoms with Gasteiger partial charge in [-0.05, 0) is 48.9 Å². The number of aromatic nitrogens is 1. The highest BCUT2D eigenvalue weighted by molar-refractivity contribution is 6.04. The Bertz CT molecular complexity index is 981. The fourth-order valence-corrected chi connectivity index (χ4v) is 2.74. The molecule has 0 aliphatic carbocycles. The van der Waals surface area contributed by atoms with Crippen molar-refractivity contribution >= 4 is 23.1 Å². The summed E-state index contributed by atoms with van der Waals surface area (Å²) in [5.74, 6) is 2.15. The van der Waals surface area contributed by atoms with E-state index in [4.69, 9.17) is 14.2 Å². The molecule has 0 bridgehead atoms. The van der Waals surface area contributed by atoms with Gasteiger partial charge in [0.05, 0.1) is 38.9 Å². The highest BCUT2D eigenvalue weighted by atomic mass is 16.5. The Morgan fingerprint density at radius 2 is 1.62 bits per heavy atom. The first kappa shape index (κ1) is 20.0. The third kappa shape index (κ3) is 4.95. The molecule has 29 heavy (non-hydrogen) atoms. The van der Waals surface area contributed by atoms with Crippen LogP contribution in [0.5, 0.6) is 17.2 Å². The summed E-state index contributed by atoms with van der Waals surface area (Å²) in [5, 5.41) is 6.04. The predicted octanol–water partition coefficient (Wildman–Crippen LogP) is 4.41. The molecule has 3 rings (SSSR count). The number of amides is 1. The Labute approximate surface area is 169 Å². The quantitative estimate of drug-likeness (QED) is 0.619. The summed E-state index contributed by atoms with van der Waals surface area (Å²) in [7, 11) is 4.69. The maximum absolute atomic E-state index is 12.6. The average Bonchev–Trinajstić information content (AvgIpc) is 2.74. The number of ether oxygens (including phenoxy) is 3. The molecule has 1 amide bonds. The maximum atomic E-state index is 12.6. The fourth-order valence-electron chi connectivity index (χ4n) is 2.74. The van der Waals surface area contributed by atoms with Crippen molar-refractivity contribution < 1.29 is 19.0 Å². The highest BCUT2D eigenvalue weighted by Crippen LogP contribution is 2.28. The number of carbonyl (C=O) groups excluding carboxylic acids is 1. The molecule has 0 atom stereocenters. The summed E-state index contributed by atoms with van der Waals surface area (Å²) in [5.41, 5.74) is 2.91. The number of hydrogen-bond acceptors (Lipinski definition) is 6. The van der Waals surface area contributed by atoms with Crippen molar-refractivity contribution in [1.82, 2.24) is 4.98 Å². The second kappa shape index (κ2) is 8.97. The van der Waals surface area contributed by atoms with E-state index in [2.05, 4.69) is 15.6 Å². The lowest BCUT2D eigenvalue weighted by molar-refractivity contribution is 0.102. The second-order valence-electron chi connectivity index (χ2n) is 6.32. The Morgan fingerprint density at radius 1 is 0.897 bits per heavy atom. The van der Waals surface area contributed by atoms with Crippen molar-refractivity contribution in [3.8, 4) is 17.2 Å². The Kier molecular flexibility index (Phi) is 6.19. The van der Waals surface area contributed by atoms with Crippen molar-refractivity contribution in [2.24, 2.45) is 0 Å². The number of pyridine rings is 1. The van der Waals surface area contributed by atoms with Crippen LogP contribution in [0, 0.1) is 6.92 Å². The van der Waals surface area contributed by atoms with Gasteiger partial charge < -0.3 is 24.8 Å². The van der Waals surface area contributed by atoms with Gasteiger partial charge in [-0.1, -0.05) is 6.07 Å². The van der Waals surface area contributed by atoms with Crippen LogP contribution in [0.3, 0.4) is 0 Å². The zero-order valence-corrected chi connectivity index (χ0v) is 16.8. The van der Waals surface area contributed by atoms with Crippen LogP contribution < -0.4 is 24.8 Å². The molecule has 0 radical (unpaired) electrons. The first-order chi connectivity index (χ1) is 14.0. The van der Waals surface area contributed by atoms with Crippen LogP contribution in [-0.4, -0.2) is 32.2 Å². The molecule has 0 spiro atoms. The van der Waals surface area contributed by atoms with Gasteiger partial charge in [0.1, 0.15) is 23.1 Å². The number of nitrogens with one attached hydrogen (secondary N) is 2. The molecule has 0 aliphatic rings. The lowest BCUT2D eigenvalue weighted by Crippen LogP contribution is -2.12. The molecule has 0 fully saturated rings. The number of benzene rings is 2. The second-order valence-corrected chi connectivity index (χ2v) is 6.32. The van der Waals surface area contributed by atoms with Crippen LogP contribution in [0.1, 0.15) is 15.9 Å². The van der Waals surface area contributed by atoms with Gasteiger partial charge >= 0.3 is 0 Å². The molecule has 0 saturated heterocycles. The zero-order chi connectivity index (χ0) is 20.8. The number of methoxy groups -OCH3 is 3. The molecule has 1 heterocycles. The molecule has 0 unspecified atom stereocenters. The largest absolute Gasteiger partial charge is 0.497 e. The van der Waals surface area contributed by atoms with Gasteiger partial charge in [-0.25, -0.2) is 4.98 Å². The van der Waals surface area contributed by atoms with Crippen LogP contribution >= 0.6 is 0 Å². The van der Waals surface area contributed by atoms with Crippen molar-refractivity contribution in [2.75, 3.05) is 32.0 Å². The predicted molar refractivity (Wildman–Crippen MR) is 113 cm³/mol. The maximum Gasteiger partial charge on any atom is 0.255 e. The highest BCUT2D eigenvalue weighted by Gasteiger charge is 2.11. The molecule has 7 nitrogen and oxygen atoms in total. The van der Waals surface area contributed by atoms with Crippen molar-refractivity contribution in [3.05, 3.63) is 65.9 Å². The van der Waals surface area contributed by atoms with E-state index in [9.17, 15) is 4.79 Å². The molecule has 2 aromatic carbocycles. The molecule has 3 aromatic rings. The average molecular weight is 393 g/mol. The minimum Gasteiger partial charge on any atom is -0.497 e. The van der Waals surface area contributed by atoms with E-state index in [1.165, 1.54) is 14.2 Å². The van der Waals surface area contributed by atoms with E-state index in [1.54, 1.807) is 43.6 Å². The number of aryl methyl sites for hydroxylation is 1. The molecule has 0 saturated carbocycles. The van der Waals surface area contributed by atoms with Crippen LogP contribution in [-0.2, 0) is 0 Å². The van der Waals surface area contributed by atoms with Gasteiger partial charge in [0.25, 0.3) is 5.91 Å². The Balaban J connectivity index is 1.73. The zero-order valence-electron chi connectivity index (χ0n) is 16.8. The van der Waals surface area contributed by atoms with E-state index in [0.717, 1.165) is 17.0 Å². The van der Waals surface area contributed by atoms with Gasteiger partial charge in [-0.15, -0.1) is 0 Å². The third-order valence-corrected chi connectivity index (χ3v) is 4.25. The molecule has 0 aliphatic heterocycles. The summed E-state index contributed by atoms with van der Waals surface area (Å²) < 4.78 is 15.8. The number of rotatable bonds is 7. The molecule has 150 valence electrons.